The summed E-state index contributed by atoms with van der Waals surface area (Å²) >= 11 is 0. The zero-order valence-electron chi connectivity index (χ0n) is 37.2. The van der Waals surface area contributed by atoms with Gasteiger partial charge in [-0.15, -0.1) is 48.0 Å². The van der Waals surface area contributed by atoms with Crippen molar-refractivity contribution in [1.29, 1.82) is 0 Å². The molecule has 0 unspecified atom stereocenters. The third-order valence-electron chi connectivity index (χ3n) is 10.6. The molecule has 1 radical (unpaired) electrons. The van der Waals surface area contributed by atoms with Crippen molar-refractivity contribution < 1.29 is 37.4 Å². The number of pyridine rings is 1. The average Bonchev–Trinajstić information content (AvgIpc) is 3.85. The molecule has 0 fully saturated rings. The minimum absolute atomic E-state index is 0. The molecule has 59 heavy (non-hydrogen) atoms. The van der Waals surface area contributed by atoms with E-state index >= 15 is 0 Å². The molecule has 3 aromatic heterocycles. The molecule has 4 nitrogen and oxygen atoms in total. The standard InChI is InChI=1S/C41H38NO2.C12H9FN.Ir/c1-24(2)33-21-27(26-13-9-8-10-14-26)22-34(25(3)4)37(33)31-16-12-18-35-39(31)44-40(42-35)32-17-11-15-30-29-20-19-28(41(5,6)7)23-36(29)43-38(30)32;1-9-2-7-12(14-8-9)10-3-5-11(13)6-4-10;/h8-16,18-25H,1-7H3;2-3,5-8H,1H3;/q2*-1;/i;1D3;. The summed E-state index contributed by atoms with van der Waals surface area (Å²) in [5.41, 5.74) is 14.0. The number of aromatic nitrogens is 2. The minimum atomic E-state index is -2.15. The first kappa shape index (κ1) is 37.6. The number of oxazole rings is 1. The zero-order chi connectivity index (χ0) is 43.2. The average molecular weight is 958 g/mol. The van der Waals surface area contributed by atoms with Crippen LogP contribution in [0.5, 0.6) is 0 Å². The molecule has 0 N–H and O–H groups in total. The van der Waals surface area contributed by atoms with Crippen molar-refractivity contribution in [2.24, 2.45) is 0 Å². The summed E-state index contributed by atoms with van der Waals surface area (Å²) in [7, 11) is 0. The van der Waals surface area contributed by atoms with Gasteiger partial charge in [0.05, 0.1) is 11.1 Å². The summed E-state index contributed by atoms with van der Waals surface area (Å²) in [5, 5.41) is 2.12. The van der Waals surface area contributed by atoms with Crippen LogP contribution < -0.4 is 0 Å². The molecule has 3 heterocycles. The van der Waals surface area contributed by atoms with Crippen molar-refractivity contribution in [3.63, 3.8) is 0 Å². The van der Waals surface area contributed by atoms with Crippen LogP contribution in [-0.2, 0) is 25.5 Å². The van der Waals surface area contributed by atoms with Crippen molar-refractivity contribution in [1.82, 2.24) is 9.97 Å². The first-order chi connectivity index (χ1) is 29.1. The third kappa shape index (κ3) is 8.44. The van der Waals surface area contributed by atoms with Crippen LogP contribution in [0.1, 0.15) is 86.7 Å². The van der Waals surface area contributed by atoms with E-state index in [-0.39, 0.29) is 36.9 Å². The van der Waals surface area contributed by atoms with E-state index in [1.165, 1.54) is 57.8 Å². The van der Waals surface area contributed by atoms with Crippen LogP contribution in [-0.4, -0.2) is 9.97 Å². The van der Waals surface area contributed by atoms with Crippen molar-refractivity contribution in [2.75, 3.05) is 0 Å². The van der Waals surface area contributed by atoms with E-state index < -0.39 is 6.85 Å². The molecular weight excluding hydrogens is 908 g/mol. The van der Waals surface area contributed by atoms with Gasteiger partial charge in [-0.3, -0.25) is 9.37 Å². The normalized spacial score (nSPS) is 12.6. The summed E-state index contributed by atoms with van der Waals surface area (Å²) < 4.78 is 47.5. The minimum Gasteiger partial charge on any atom is -0.500 e. The molecular formula is C53H47FIrN2O2-2. The maximum absolute atomic E-state index is 12.7. The SMILES string of the molecule is CC(C)c1cc(-c2ccccc2)cc(C(C)C)c1-c1cccc2nc(-c3[c-]ccc4c3oc3cc(C(C)(C)C)ccc34)oc12.[2H]C([2H])([2H])c1ccc(-c2[c-]cc(F)cc2)nc1.[Ir]. The molecule has 299 valence electrons. The fourth-order valence-electron chi connectivity index (χ4n) is 7.44. The summed E-state index contributed by atoms with van der Waals surface area (Å²) in [4.78, 5) is 9.03. The first-order valence-electron chi connectivity index (χ1n) is 21.2. The van der Waals surface area contributed by atoms with Crippen molar-refractivity contribution in [3.8, 4) is 45.0 Å². The van der Waals surface area contributed by atoms with E-state index in [2.05, 4.69) is 144 Å². The molecule has 6 aromatic carbocycles. The third-order valence-corrected chi connectivity index (χ3v) is 10.6. The zero-order valence-corrected chi connectivity index (χ0v) is 36.6. The van der Waals surface area contributed by atoms with Gasteiger partial charge in [-0.05, 0) is 86.4 Å². The molecule has 0 amide bonds. The molecule has 9 aromatic rings. The number of furan rings is 1. The summed E-state index contributed by atoms with van der Waals surface area (Å²) in [6.07, 6.45) is 1.31. The smallest absolute Gasteiger partial charge is 0.149 e. The van der Waals surface area contributed by atoms with Crippen LogP contribution in [0.15, 0.2) is 136 Å². The Kier molecular flexibility index (Phi) is 10.8. The Bertz CT molecular complexity index is 2970. The second kappa shape index (κ2) is 16.9. The number of benzene rings is 6. The van der Waals surface area contributed by atoms with Crippen LogP contribution in [0.3, 0.4) is 0 Å². The maximum atomic E-state index is 12.7. The molecule has 0 saturated heterocycles. The molecule has 6 heteroatoms. The van der Waals surface area contributed by atoms with Crippen LogP contribution >= 0.6 is 0 Å². The Morgan fingerprint density at radius 2 is 1.49 bits per heavy atom. The molecule has 0 atom stereocenters. The Balaban J connectivity index is 0.000000270. The quantitative estimate of drug-likeness (QED) is 0.156. The van der Waals surface area contributed by atoms with Gasteiger partial charge in [-0.25, -0.2) is 0 Å². The van der Waals surface area contributed by atoms with Crippen LogP contribution in [0, 0.1) is 24.8 Å². The van der Waals surface area contributed by atoms with Gasteiger partial charge in [0.15, 0.2) is 0 Å². The molecule has 0 spiro atoms. The van der Waals surface area contributed by atoms with E-state index in [1.54, 1.807) is 12.1 Å². The number of fused-ring (bicyclic) bond motifs is 4. The van der Waals surface area contributed by atoms with Gasteiger partial charge in [-0.2, -0.15) is 0 Å². The van der Waals surface area contributed by atoms with Gasteiger partial charge in [0.1, 0.15) is 17.1 Å². The number of hydrogen-bond acceptors (Lipinski definition) is 4. The fourth-order valence-corrected chi connectivity index (χ4v) is 7.44. The number of rotatable bonds is 6. The molecule has 9 rings (SSSR count). The van der Waals surface area contributed by atoms with Gasteiger partial charge >= 0.3 is 0 Å². The van der Waals surface area contributed by atoms with E-state index in [0.29, 0.717) is 29.0 Å². The van der Waals surface area contributed by atoms with Gasteiger partial charge in [0.25, 0.3) is 0 Å². The van der Waals surface area contributed by atoms with Crippen molar-refractivity contribution >= 4 is 33.0 Å². The van der Waals surface area contributed by atoms with Crippen molar-refractivity contribution in [2.45, 2.75) is 72.6 Å². The number of aryl methyl sites for hydroxylation is 1. The Labute approximate surface area is 364 Å². The first-order valence-corrected chi connectivity index (χ1v) is 19.7. The molecule has 0 aliphatic carbocycles. The summed E-state index contributed by atoms with van der Waals surface area (Å²) in [5.74, 6) is 0.790. The second-order valence-corrected chi connectivity index (χ2v) is 16.4. The summed E-state index contributed by atoms with van der Waals surface area (Å²) in [6, 6.07) is 45.4. The predicted molar refractivity (Wildman–Crippen MR) is 237 cm³/mol. The molecule has 0 bridgehead atoms. The van der Waals surface area contributed by atoms with E-state index in [0.717, 1.165) is 44.2 Å². The number of halogens is 1. The Morgan fingerprint density at radius 3 is 2.14 bits per heavy atom. The number of nitrogens with zero attached hydrogens (tertiary/aromatic N) is 2. The van der Waals surface area contributed by atoms with Gasteiger partial charge < -0.3 is 13.8 Å². The van der Waals surface area contributed by atoms with Crippen molar-refractivity contribution in [3.05, 3.63) is 168 Å². The summed E-state index contributed by atoms with van der Waals surface area (Å²) in [6.45, 7) is 13.6. The second-order valence-electron chi connectivity index (χ2n) is 16.4. The van der Waals surface area contributed by atoms with Crippen LogP contribution in [0.4, 0.5) is 4.39 Å². The fraction of sp³-hybridized carbons (Fsp3) is 0.208. The molecule has 0 aliphatic rings. The predicted octanol–water partition coefficient (Wildman–Crippen LogP) is 15.1. The van der Waals surface area contributed by atoms with Gasteiger partial charge in [0, 0.05) is 47.2 Å². The van der Waals surface area contributed by atoms with Crippen LogP contribution in [0.2, 0.25) is 0 Å². The van der Waals surface area contributed by atoms with E-state index in [9.17, 15) is 4.39 Å². The van der Waals surface area contributed by atoms with Crippen LogP contribution in [0.25, 0.3) is 78.0 Å². The van der Waals surface area contributed by atoms with E-state index in [4.69, 9.17) is 17.9 Å². The molecule has 0 saturated carbocycles. The monoisotopic (exact) mass is 958 g/mol. The Hall–Kier alpha value is -5.68. The number of hydrogen-bond donors (Lipinski definition) is 0. The largest absolute Gasteiger partial charge is 0.500 e. The van der Waals surface area contributed by atoms with E-state index in [1.807, 2.05) is 12.1 Å². The Morgan fingerprint density at radius 1 is 0.729 bits per heavy atom. The van der Waals surface area contributed by atoms with Gasteiger partial charge in [-0.1, -0.05) is 133 Å². The number of para-hydroxylation sites is 1. The van der Waals surface area contributed by atoms with Gasteiger partial charge in [0.2, 0.25) is 0 Å². The molecule has 0 aliphatic heterocycles. The maximum Gasteiger partial charge on any atom is 0.149 e. The topological polar surface area (TPSA) is 52.1 Å².